The fourth-order valence-electron chi connectivity index (χ4n) is 0.234. The zero-order valence-corrected chi connectivity index (χ0v) is 10.3. The molecule has 0 aliphatic heterocycles. The van der Waals surface area contributed by atoms with Crippen LogP contribution in [0, 0.1) is 0 Å². The number of hydrogen-bond donors (Lipinski definition) is 3. The summed E-state index contributed by atoms with van der Waals surface area (Å²) < 4.78 is 9.28. The van der Waals surface area contributed by atoms with E-state index in [1.54, 1.807) is 0 Å². The lowest BCUT2D eigenvalue weighted by molar-refractivity contribution is 1.36. The first-order valence-corrected chi connectivity index (χ1v) is 7.86. The van der Waals surface area contributed by atoms with Crippen molar-refractivity contribution in [3.8, 4) is 0 Å². The Balaban J connectivity index is 2.89. The maximum absolute atomic E-state index is 5.60. The smallest absolute Gasteiger partial charge is 0.230 e. The summed E-state index contributed by atoms with van der Waals surface area (Å²) >= 11 is 5.60. The molecule has 0 fully saturated rings. The third kappa shape index (κ3) is 7.15. The minimum absolute atomic E-state index is 0.483. The molecule has 8 heteroatoms. The minimum Gasteiger partial charge on any atom is -0.352 e. The lowest BCUT2D eigenvalue weighted by atomic mass is 11.9. The lowest BCUT2D eigenvalue weighted by Crippen LogP contribution is -2.47. The standard InChI is InChI=1S/C2H8ClN3Si4/c1-10(2-3)6-9-5-8-4-7/h4-6H,2H2,1H3. The van der Waals surface area contributed by atoms with E-state index >= 15 is 0 Å². The SMILES string of the molecule is C[Si](CCl)N[Si]N[Si]N[Si]. The van der Waals surface area contributed by atoms with E-state index in [1.165, 1.54) is 0 Å². The molecule has 0 aliphatic rings. The van der Waals surface area contributed by atoms with Gasteiger partial charge in [-0.05, 0) is 0 Å². The molecule has 0 atom stereocenters. The Labute approximate surface area is 76.8 Å². The van der Waals surface area contributed by atoms with Crippen molar-refractivity contribution in [1.29, 1.82) is 0 Å². The summed E-state index contributed by atoms with van der Waals surface area (Å²) in [4.78, 5) is 0. The third-order valence-corrected chi connectivity index (χ3v) is 5.97. The molecule has 0 unspecified atom stereocenters. The summed E-state index contributed by atoms with van der Waals surface area (Å²) in [6.45, 7) is 2.15. The third-order valence-electron chi connectivity index (χ3n) is 0.664. The van der Waals surface area contributed by atoms with Crippen molar-refractivity contribution in [1.82, 2.24) is 13.9 Å². The molecule has 3 N–H and O–H groups in total. The summed E-state index contributed by atoms with van der Waals surface area (Å²) in [5.41, 5.74) is 0.754. The van der Waals surface area contributed by atoms with E-state index in [1.807, 2.05) is 0 Å². The Morgan fingerprint density at radius 1 is 1.60 bits per heavy atom. The van der Waals surface area contributed by atoms with Gasteiger partial charge in [0.2, 0.25) is 19.7 Å². The van der Waals surface area contributed by atoms with Crippen LogP contribution in [0.25, 0.3) is 0 Å². The van der Waals surface area contributed by atoms with Crippen LogP contribution in [-0.4, -0.2) is 44.6 Å². The highest BCUT2D eigenvalue weighted by Gasteiger charge is 2.00. The van der Waals surface area contributed by atoms with Crippen molar-refractivity contribution in [3.05, 3.63) is 0 Å². The molecule has 0 saturated carbocycles. The van der Waals surface area contributed by atoms with Crippen molar-refractivity contribution in [3.63, 3.8) is 0 Å². The van der Waals surface area contributed by atoms with E-state index < -0.39 is 8.96 Å². The lowest BCUT2D eigenvalue weighted by Gasteiger charge is -2.05. The zero-order valence-electron chi connectivity index (χ0n) is 5.59. The van der Waals surface area contributed by atoms with Crippen LogP contribution in [0.4, 0.5) is 0 Å². The van der Waals surface area contributed by atoms with Crippen LogP contribution in [0.5, 0.6) is 0 Å². The van der Waals surface area contributed by atoms with Crippen molar-refractivity contribution >= 4 is 50.6 Å². The Kier molecular flexibility index (Phi) is 8.98. The number of hydrogen-bond acceptors (Lipinski definition) is 3. The molecule has 54 valence electrons. The van der Waals surface area contributed by atoms with Gasteiger partial charge < -0.3 is 13.9 Å². The fraction of sp³-hybridized carbons (Fsp3) is 1.00. The average molecular weight is 222 g/mol. The second kappa shape index (κ2) is 8.14. The summed E-state index contributed by atoms with van der Waals surface area (Å²) in [5.74, 6) is 0. The van der Waals surface area contributed by atoms with Gasteiger partial charge in [0.25, 0.3) is 0 Å². The molecule has 10 heavy (non-hydrogen) atoms. The minimum atomic E-state index is -0.483. The molecular weight excluding hydrogens is 214 g/mol. The van der Waals surface area contributed by atoms with Gasteiger partial charge >= 0.3 is 0 Å². The Morgan fingerprint density at radius 3 is 2.80 bits per heavy atom. The molecule has 0 aromatic carbocycles. The summed E-state index contributed by atoms with van der Waals surface area (Å²) in [6.07, 6.45) is 0. The number of rotatable bonds is 6. The molecule has 0 rings (SSSR count). The van der Waals surface area contributed by atoms with Crippen LogP contribution in [0.1, 0.15) is 0 Å². The van der Waals surface area contributed by atoms with Gasteiger partial charge in [-0.2, -0.15) is 0 Å². The largest absolute Gasteiger partial charge is 0.352 e. The highest BCUT2D eigenvalue weighted by Crippen LogP contribution is 1.77. The number of halogens is 1. The molecule has 0 aromatic heterocycles. The fourth-order valence-corrected chi connectivity index (χ4v) is 3.83. The Hall–Kier alpha value is 1.04. The van der Waals surface area contributed by atoms with Crippen LogP contribution < -0.4 is 13.9 Å². The van der Waals surface area contributed by atoms with Crippen molar-refractivity contribution in [2.45, 2.75) is 6.55 Å². The molecule has 0 spiro atoms. The van der Waals surface area contributed by atoms with Gasteiger partial charge in [-0.1, -0.05) is 6.55 Å². The van der Waals surface area contributed by atoms with E-state index in [0.717, 1.165) is 5.50 Å². The first-order valence-electron chi connectivity index (χ1n) is 2.62. The van der Waals surface area contributed by atoms with E-state index in [4.69, 9.17) is 11.6 Å². The molecule has 0 saturated heterocycles. The topological polar surface area (TPSA) is 36.1 Å². The maximum atomic E-state index is 5.60. The van der Waals surface area contributed by atoms with Gasteiger partial charge in [-0.25, -0.2) is 0 Å². The highest BCUT2D eigenvalue weighted by atomic mass is 35.5. The highest BCUT2D eigenvalue weighted by molar-refractivity contribution is 6.71. The summed E-state index contributed by atoms with van der Waals surface area (Å²) in [6, 6.07) is 0. The number of alkyl halides is 1. The van der Waals surface area contributed by atoms with Crippen LogP contribution in [0.3, 0.4) is 0 Å². The van der Waals surface area contributed by atoms with Crippen LogP contribution in [0.15, 0.2) is 0 Å². The molecule has 3 nitrogen and oxygen atoms in total. The second-order valence-corrected chi connectivity index (χ2v) is 7.67. The second-order valence-electron chi connectivity index (χ2n) is 1.54. The van der Waals surface area contributed by atoms with Crippen molar-refractivity contribution in [2.24, 2.45) is 0 Å². The van der Waals surface area contributed by atoms with Crippen LogP contribution >= 0.6 is 11.6 Å². The van der Waals surface area contributed by atoms with Crippen LogP contribution in [-0.2, 0) is 0 Å². The van der Waals surface area contributed by atoms with Gasteiger partial charge in [0, 0.05) is 5.50 Å². The molecule has 0 aromatic rings. The predicted molar refractivity (Wildman–Crippen MR) is 49.0 cm³/mol. The predicted octanol–water partition coefficient (Wildman–Crippen LogP) is -1.69. The van der Waals surface area contributed by atoms with E-state index in [2.05, 4.69) is 30.9 Å². The van der Waals surface area contributed by atoms with Gasteiger partial charge in [0.05, 0.1) is 0 Å². The maximum Gasteiger partial charge on any atom is 0.230 e. The van der Waals surface area contributed by atoms with Gasteiger partial charge in [-0.15, -0.1) is 11.6 Å². The van der Waals surface area contributed by atoms with Gasteiger partial charge in [0.1, 0.15) is 19.4 Å². The van der Waals surface area contributed by atoms with Gasteiger partial charge in [-0.3, -0.25) is 0 Å². The van der Waals surface area contributed by atoms with E-state index in [0.29, 0.717) is 19.7 Å². The quantitative estimate of drug-likeness (QED) is 0.285. The molecule has 0 bridgehead atoms. The average Bonchev–Trinajstić information content (AvgIpc) is 1.98. The summed E-state index contributed by atoms with van der Waals surface area (Å²) in [7, 11) is 3.81. The Morgan fingerprint density at radius 2 is 2.30 bits per heavy atom. The molecule has 0 aliphatic carbocycles. The van der Waals surface area contributed by atoms with Crippen molar-refractivity contribution in [2.75, 3.05) is 5.50 Å². The number of nitrogens with one attached hydrogen (secondary N) is 3. The monoisotopic (exact) mass is 221 g/mol. The molecular formula is C2H8ClN3Si4. The normalized spacial score (nSPS) is 10.8. The van der Waals surface area contributed by atoms with Crippen molar-refractivity contribution < 1.29 is 0 Å². The van der Waals surface area contributed by atoms with E-state index in [-0.39, 0.29) is 0 Å². The summed E-state index contributed by atoms with van der Waals surface area (Å²) in [5, 5.41) is 0. The first kappa shape index (κ1) is 11.0. The molecule has 8 radical (unpaired) electrons. The van der Waals surface area contributed by atoms with E-state index in [9.17, 15) is 0 Å². The zero-order chi connectivity index (χ0) is 7.82. The Bertz CT molecular complexity index is 75.5. The van der Waals surface area contributed by atoms with Gasteiger partial charge in [0.15, 0.2) is 0 Å². The molecule has 0 heterocycles. The van der Waals surface area contributed by atoms with Crippen LogP contribution in [0.2, 0.25) is 6.55 Å². The first-order chi connectivity index (χ1) is 4.81. The molecule has 0 amide bonds.